The third kappa shape index (κ3) is 5.37. The number of para-hydroxylation sites is 1. The van der Waals surface area contributed by atoms with Crippen LogP contribution in [-0.2, 0) is 13.0 Å². The molecule has 0 saturated heterocycles. The van der Waals surface area contributed by atoms with E-state index in [1.807, 2.05) is 60.7 Å². The van der Waals surface area contributed by atoms with E-state index in [0.29, 0.717) is 46.8 Å². The van der Waals surface area contributed by atoms with Gasteiger partial charge in [-0.1, -0.05) is 65.7 Å². The first kappa shape index (κ1) is 23.7. The maximum atomic E-state index is 13.3. The number of aryl methyl sites for hydroxylation is 1. The summed E-state index contributed by atoms with van der Waals surface area (Å²) in [6, 6.07) is 21.0. The summed E-state index contributed by atoms with van der Waals surface area (Å²) in [6.07, 6.45) is 4.19. The molecule has 0 bridgehead atoms. The van der Waals surface area contributed by atoms with Gasteiger partial charge in [0.25, 0.3) is 5.56 Å². The molecule has 174 valence electrons. The lowest BCUT2D eigenvalue weighted by atomic mass is 10.2. The molecule has 1 heterocycles. The molecule has 3 aromatic carbocycles. The lowest BCUT2D eigenvalue weighted by Gasteiger charge is -2.14. The van der Waals surface area contributed by atoms with Crippen molar-refractivity contribution in [3.8, 4) is 11.5 Å². The minimum absolute atomic E-state index is 0.205. The van der Waals surface area contributed by atoms with Crippen LogP contribution < -0.4 is 15.0 Å². The highest BCUT2D eigenvalue weighted by atomic mass is 79.9. The van der Waals surface area contributed by atoms with E-state index in [1.54, 1.807) is 19.4 Å². The Morgan fingerprint density at radius 3 is 2.68 bits per heavy atom. The molecule has 0 fully saturated rings. The van der Waals surface area contributed by atoms with E-state index in [4.69, 9.17) is 14.5 Å². The molecule has 0 spiro atoms. The monoisotopic (exact) mass is 519 g/mol. The summed E-state index contributed by atoms with van der Waals surface area (Å²) in [5.74, 6) is 1.80. The Bertz CT molecular complexity index is 1370. The van der Waals surface area contributed by atoms with Crippen molar-refractivity contribution in [1.29, 1.82) is 0 Å². The third-order valence-corrected chi connectivity index (χ3v) is 5.89. The predicted molar refractivity (Wildman–Crippen MR) is 139 cm³/mol. The highest BCUT2D eigenvalue weighted by molar-refractivity contribution is 9.10. The molecule has 7 heteroatoms. The third-order valence-electron chi connectivity index (χ3n) is 5.40. The number of ether oxygens (including phenoxy) is 2. The van der Waals surface area contributed by atoms with Crippen LogP contribution in [0.2, 0.25) is 0 Å². The van der Waals surface area contributed by atoms with Crippen LogP contribution in [0.25, 0.3) is 10.9 Å². The molecule has 0 unspecified atom stereocenters. The van der Waals surface area contributed by atoms with Crippen molar-refractivity contribution in [1.82, 2.24) is 9.66 Å². The van der Waals surface area contributed by atoms with Gasteiger partial charge in [0, 0.05) is 16.5 Å². The zero-order chi connectivity index (χ0) is 23.9. The van der Waals surface area contributed by atoms with Crippen LogP contribution in [-0.4, -0.2) is 23.0 Å². The van der Waals surface area contributed by atoms with E-state index in [-0.39, 0.29) is 5.56 Å². The predicted octanol–water partition coefficient (Wildman–Crippen LogP) is 5.97. The van der Waals surface area contributed by atoms with E-state index >= 15 is 0 Å². The molecule has 4 aromatic rings. The smallest absolute Gasteiger partial charge is 0.282 e. The summed E-state index contributed by atoms with van der Waals surface area (Å²) in [4.78, 5) is 18.1. The van der Waals surface area contributed by atoms with Gasteiger partial charge in [0.05, 0.1) is 24.2 Å². The molecule has 0 saturated carbocycles. The Kier molecular flexibility index (Phi) is 7.75. The number of halogens is 1. The molecule has 0 atom stereocenters. The zero-order valence-electron chi connectivity index (χ0n) is 19.2. The molecule has 0 amide bonds. The van der Waals surface area contributed by atoms with E-state index in [0.717, 1.165) is 22.9 Å². The average molecular weight is 520 g/mol. The van der Waals surface area contributed by atoms with Gasteiger partial charge in [-0.2, -0.15) is 9.78 Å². The van der Waals surface area contributed by atoms with Gasteiger partial charge in [0.1, 0.15) is 12.4 Å². The second kappa shape index (κ2) is 11.1. The normalized spacial score (nSPS) is 11.3. The molecule has 0 aliphatic rings. The Balaban J connectivity index is 1.75. The van der Waals surface area contributed by atoms with Crippen LogP contribution in [0.5, 0.6) is 11.5 Å². The number of rotatable bonds is 9. The largest absolute Gasteiger partial charge is 0.493 e. The summed E-state index contributed by atoms with van der Waals surface area (Å²) in [5.41, 5.74) is 2.21. The zero-order valence-corrected chi connectivity index (χ0v) is 20.8. The molecule has 0 aliphatic carbocycles. The van der Waals surface area contributed by atoms with Crippen molar-refractivity contribution in [2.24, 2.45) is 5.10 Å². The van der Waals surface area contributed by atoms with Gasteiger partial charge in [-0.05, 0) is 42.3 Å². The van der Waals surface area contributed by atoms with Crippen LogP contribution in [0.15, 0.2) is 81.1 Å². The first-order chi connectivity index (χ1) is 16.6. The topological polar surface area (TPSA) is 65.7 Å². The SMILES string of the molecule is CCCCc1nc2ccc(Br)cc2c(=O)n1N=Cc1cccc(OC)c1OCc1ccccc1. The Labute approximate surface area is 207 Å². The minimum atomic E-state index is -0.205. The van der Waals surface area contributed by atoms with Gasteiger partial charge in [0.2, 0.25) is 0 Å². The summed E-state index contributed by atoms with van der Waals surface area (Å²) in [7, 11) is 1.60. The van der Waals surface area contributed by atoms with Gasteiger partial charge in [-0.15, -0.1) is 0 Å². The molecule has 1 aromatic heterocycles. The number of nitrogens with zero attached hydrogens (tertiary/aromatic N) is 3. The first-order valence-corrected chi connectivity index (χ1v) is 12.0. The molecule has 0 aliphatic heterocycles. The summed E-state index contributed by atoms with van der Waals surface area (Å²) < 4.78 is 13.9. The van der Waals surface area contributed by atoms with Crippen LogP contribution in [0, 0.1) is 0 Å². The van der Waals surface area contributed by atoms with Gasteiger partial charge in [0.15, 0.2) is 11.5 Å². The molecule has 0 N–H and O–H groups in total. The quantitative estimate of drug-likeness (QED) is 0.255. The van der Waals surface area contributed by atoms with Gasteiger partial charge in [-0.25, -0.2) is 4.98 Å². The molecule has 34 heavy (non-hydrogen) atoms. The van der Waals surface area contributed by atoms with Gasteiger partial charge >= 0.3 is 0 Å². The van der Waals surface area contributed by atoms with E-state index < -0.39 is 0 Å². The summed E-state index contributed by atoms with van der Waals surface area (Å²) in [5, 5.41) is 5.08. The fraction of sp³-hybridized carbons (Fsp3) is 0.222. The second-order valence-corrected chi connectivity index (χ2v) is 8.72. The van der Waals surface area contributed by atoms with Crippen LogP contribution in [0.3, 0.4) is 0 Å². The lowest BCUT2D eigenvalue weighted by molar-refractivity contribution is 0.284. The van der Waals surface area contributed by atoms with Crippen molar-refractivity contribution in [3.63, 3.8) is 0 Å². The Morgan fingerprint density at radius 2 is 1.91 bits per heavy atom. The molecule has 6 nitrogen and oxygen atoms in total. The number of methoxy groups -OCH3 is 1. The highest BCUT2D eigenvalue weighted by Gasteiger charge is 2.13. The molecule has 4 rings (SSSR count). The van der Waals surface area contributed by atoms with Crippen LogP contribution in [0.4, 0.5) is 0 Å². The van der Waals surface area contributed by atoms with Crippen LogP contribution >= 0.6 is 15.9 Å². The summed E-state index contributed by atoms with van der Waals surface area (Å²) >= 11 is 3.44. The molecule has 0 radical (unpaired) electrons. The van der Waals surface area contributed by atoms with E-state index in [9.17, 15) is 4.79 Å². The number of hydrogen-bond donors (Lipinski definition) is 0. The van der Waals surface area contributed by atoms with Crippen LogP contribution in [0.1, 0.15) is 36.7 Å². The van der Waals surface area contributed by atoms with Crippen molar-refractivity contribution in [2.45, 2.75) is 32.8 Å². The number of aromatic nitrogens is 2. The highest BCUT2D eigenvalue weighted by Crippen LogP contribution is 2.31. The fourth-order valence-corrected chi connectivity index (χ4v) is 3.97. The van der Waals surface area contributed by atoms with Gasteiger partial charge in [-0.3, -0.25) is 4.79 Å². The van der Waals surface area contributed by atoms with E-state index in [1.165, 1.54) is 4.68 Å². The summed E-state index contributed by atoms with van der Waals surface area (Å²) in [6.45, 7) is 2.49. The first-order valence-electron chi connectivity index (χ1n) is 11.2. The standard InChI is InChI=1S/C27H26BrN3O3/c1-3-4-13-25-30-23-15-14-21(28)16-22(23)27(32)31(25)29-17-20-11-8-12-24(33-2)26(20)34-18-19-9-6-5-7-10-19/h5-12,14-17H,3-4,13,18H2,1-2H3. The van der Waals surface area contributed by atoms with Crippen molar-refractivity contribution < 1.29 is 9.47 Å². The van der Waals surface area contributed by atoms with Crippen molar-refractivity contribution in [2.75, 3.05) is 7.11 Å². The van der Waals surface area contributed by atoms with Crippen molar-refractivity contribution in [3.05, 3.63) is 98.5 Å². The average Bonchev–Trinajstić information content (AvgIpc) is 2.87. The van der Waals surface area contributed by atoms with Gasteiger partial charge < -0.3 is 9.47 Å². The lowest BCUT2D eigenvalue weighted by Crippen LogP contribution is -2.22. The molecular formula is C27H26BrN3O3. The van der Waals surface area contributed by atoms with E-state index in [2.05, 4.69) is 28.0 Å². The Hall–Kier alpha value is -3.45. The second-order valence-electron chi connectivity index (χ2n) is 7.81. The number of benzene rings is 3. The maximum Gasteiger partial charge on any atom is 0.282 e. The minimum Gasteiger partial charge on any atom is -0.493 e. The number of hydrogen-bond acceptors (Lipinski definition) is 5. The Morgan fingerprint density at radius 1 is 1.09 bits per heavy atom. The molecular weight excluding hydrogens is 494 g/mol. The fourth-order valence-electron chi connectivity index (χ4n) is 3.61. The number of fused-ring (bicyclic) bond motifs is 1. The van der Waals surface area contributed by atoms with Crippen molar-refractivity contribution >= 4 is 33.0 Å². The number of unbranched alkanes of at least 4 members (excludes halogenated alkanes) is 1. The maximum absolute atomic E-state index is 13.3.